The third kappa shape index (κ3) is 3.82. The first-order valence-electron chi connectivity index (χ1n) is 7.84. The van der Waals surface area contributed by atoms with Crippen LogP contribution in [0.3, 0.4) is 0 Å². The first-order chi connectivity index (χ1) is 10.8. The number of epoxide rings is 1. The average Bonchev–Trinajstić information content (AvgIpc) is 3.16. The van der Waals surface area contributed by atoms with Gasteiger partial charge in [0.1, 0.15) is 11.7 Å². The molecule has 2 fully saturated rings. The normalized spacial score (nSPS) is 28.7. The maximum absolute atomic E-state index is 12.4. The molecule has 6 heteroatoms. The second-order valence-corrected chi connectivity index (χ2v) is 7.02. The summed E-state index contributed by atoms with van der Waals surface area (Å²) in [4.78, 5) is 24.2. The minimum absolute atomic E-state index is 0.0720. The van der Waals surface area contributed by atoms with E-state index in [9.17, 15) is 9.59 Å². The molecule has 1 aromatic rings. The molecule has 0 unspecified atom stereocenters. The Bertz CT molecular complexity index is 596. The maximum Gasteiger partial charge on any atom is 0.407 e. The van der Waals surface area contributed by atoms with Crippen LogP contribution in [0.15, 0.2) is 30.3 Å². The monoisotopic (exact) mass is 318 g/mol. The molecule has 1 saturated heterocycles. The van der Waals surface area contributed by atoms with Gasteiger partial charge in [-0.2, -0.15) is 0 Å². The molecule has 3 rings (SSSR count). The summed E-state index contributed by atoms with van der Waals surface area (Å²) in [6.45, 7) is 5.44. The molecule has 1 aromatic carbocycles. The summed E-state index contributed by atoms with van der Waals surface area (Å²) < 4.78 is 10.8. The molecule has 1 heterocycles. The quantitative estimate of drug-likeness (QED) is 0.838. The first-order valence-corrected chi connectivity index (χ1v) is 7.84. The summed E-state index contributed by atoms with van der Waals surface area (Å²) in [6.07, 6.45) is -0.110. The lowest BCUT2D eigenvalue weighted by Gasteiger charge is -2.22. The molecule has 0 bridgehead atoms. The third-order valence-electron chi connectivity index (χ3n) is 3.94. The molecule has 1 aliphatic carbocycles. The Labute approximate surface area is 135 Å². The zero-order valence-corrected chi connectivity index (χ0v) is 13.5. The van der Waals surface area contributed by atoms with Gasteiger partial charge in [-0.15, -0.1) is 0 Å². The molecule has 0 aromatic heterocycles. The fourth-order valence-electron chi connectivity index (χ4n) is 2.94. The highest BCUT2D eigenvalue weighted by atomic mass is 16.6. The van der Waals surface area contributed by atoms with E-state index in [1.807, 2.05) is 51.1 Å². The third-order valence-corrected chi connectivity index (χ3v) is 3.94. The Morgan fingerprint density at radius 2 is 1.87 bits per heavy atom. The van der Waals surface area contributed by atoms with E-state index in [0.717, 1.165) is 5.69 Å². The number of anilines is 1. The van der Waals surface area contributed by atoms with Crippen LogP contribution in [0.5, 0.6) is 0 Å². The van der Waals surface area contributed by atoms with Gasteiger partial charge in [0.05, 0.1) is 18.1 Å². The van der Waals surface area contributed by atoms with Gasteiger partial charge < -0.3 is 20.1 Å². The van der Waals surface area contributed by atoms with Crippen molar-refractivity contribution in [2.24, 2.45) is 5.92 Å². The van der Waals surface area contributed by atoms with Gasteiger partial charge in [-0.3, -0.25) is 4.79 Å². The number of carbonyl (C=O) groups is 2. The van der Waals surface area contributed by atoms with Gasteiger partial charge in [0.15, 0.2) is 0 Å². The van der Waals surface area contributed by atoms with E-state index in [2.05, 4.69) is 10.6 Å². The fourth-order valence-corrected chi connectivity index (χ4v) is 2.94. The highest BCUT2D eigenvalue weighted by molar-refractivity contribution is 5.93. The van der Waals surface area contributed by atoms with Crippen molar-refractivity contribution in [2.75, 3.05) is 5.32 Å². The number of fused-ring (bicyclic) bond motifs is 1. The molecule has 1 saturated carbocycles. The van der Waals surface area contributed by atoms with Crippen molar-refractivity contribution in [3.8, 4) is 0 Å². The van der Waals surface area contributed by atoms with Crippen LogP contribution in [0.4, 0.5) is 10.5 Å². The Balaban J connectivity index is 1.54. The number of para-hydroxylation sites is 1. The smallest absolute Gasteiger partial charge is 0.407 e. The predicted octanol–water partition coefficient (Wildman–Crippen LogP) is 2.31. The van der Waals surface area contributed by atoms with Gasteiger partial charge in [-0.25, -0.2) is 4.79 Å². The molecular formula is C17H22N2O4. The van der Waals surface area contributed by atoms with Crippen molar-refractivity contribution < 1.29 is 19.1 Å². The number of alkyl carbamates (subject to hydrolysis) is 1. The molecule has 2 aliphatic rings. The van der Waals surface area contributed by atoms with E-state index >= 15 is 0 Å². The highest BCUT2D eigenvalue weighted by Crippen LogP contribution is 2.43. The van der Waals surface area contributed by atoms with Crippen LogP contribution in [0.25, 0.3) is 0 Å². The summed E-state index contributed by atoms with van der Waals surface area (Å²) in [5.41, 5.74) is 0.217. The molecule has 6 nitrogen and oxygen atoms in total. The van der Waals surface area contributed by atoms with Gasteiger partial charge in [-0.05, 0) is 39.3 Å². The van der Waals surface area contributed by atoms with Gasteiger partial charge in [0.25, 0.3) is 0 Å². The molecule has 124 valence electrons. The van der Waals surface area contributed by atoms with Crippen molar-refractivity contribution in [3.63, 3.8) is 0 Å². The van der Waals surface area contributed by atoms with E-state index in [1.54, 1.807) is 0 Å². The summed E-state index contributed by atoms with van der Waals surface area (Å²) in [5, 5.41) is 5.70. The lowest BCUT2D eigenvalue weighted by molar-refractivity contribution is -0.120. The van der Waals surface area contributed by atoms with E-state index in [0.29, 0.717) is 6.42 Å². The predicted molar refractivity (Wildman–Crippen MR) is 85.0 cm³/mol. The van der Waals surface area contributed by atoms with Gasteiger partial charge in [-0.1, -0.05) is 18.2 Å². The average molecular weight is 318 g/mol. The molecule has 0 spiro atoms. The van der Waals surface area contributed by atoms with E-state index in [-0.39, 0.29) is 30.1 Å². The molecule has 2 N–H and O–H groups in total. The van der Waals surface area contributed by atoms with Crippen LogP contribution >= 0.6 is 0 Å². The fraction of sp³-hybridized carbons (Fsp3) is 0.529. The molecule has 2 amide bonds. The number of amides is 2. The number of hydrogen-bond donors (Lipinski definition) is 2. The van der Waals surface area contributed by atoms with Crippen molar-refractivity contribution in [1.82, 2.24) is 5.32 Å². The van der Waals surface area contributed by atoms with Crippen LogP contribution in [-0.2, 0) is 14.3 Å². The zero-order chi connectivity index (χ0) is 16.6. The largest absolute Gasteiger partial charge is 0.444 e. The summed E-state index contributed by atoms with van der Waals surface area (Å²) in [5.74, 6) is -0.322. The van der Waals surface area contributed by atoms with Crippen LogP contribution in [0.2, 0.25) is 0 Å². The van der Waals surface area contributed by atoms with Crippen LogP contribution in [0, 0.1) is 5.92 Å². The van der Waals surface area contributed by atoms with Crippen molar-refractivity contribution in [1.29, 1.82) is 0 Å². The minimum Gasteiger partial charge on any atom is -0.444 e. The van der Waals surface area contributed by atoms with E-state index < -0.39 is 11.7 Å². The number of hydrogen-bond acceptors (Lipinski definition) is 4. The van der Waals surface area contributed by atoms with Crippen LogP contribution < -0.4 is 10.6 Å². The Kier molecular flexibility index (Phi) is 4.02. The Morgan fingerprint density at radius 1 is 1.17 bits per heavy atom. The van der Waals surface area contributed by atoms with Gasteiger partial charge in [0.2, 0.25) is 5.91 Å². The molecule has 0 radical (unpaired) electrons. The van der Waals surface area contributed by atoms with Crippen LogP contribution in [0.1, 0.15) is 27.2 Å². The number of nitrogens with one attached hydrogen (secondary N) is 2. The lowest BCUT2D eigenvalue weighted by Crippen LogP contribution is -2.41. The first kappa shape index (κ1) is 15.8. The molecular weight excluding hydrogens is 296 g/mol. The summed E-state index contributed by atoms with van der Waals surface area (Å²) >= 11 is 0. The summed E-state index contributed by atoms with van der Waals surface area (Å²) in [7, 11) is 0. The molecule has 1 aliphatic heterocycles. The van der Waals surface area contributed by atoms with Crippen molar-refractivity contribution in [3.05, 3.63) is 30.3 Å². The number of ether oxygens (including phenoxy) is 2. The van der Waals surface area contributed by atoms with E-state index in [4.69, 9.17) is 9.47 Å². The second kappa shape index (κ2) is 5.85. The second-order valence-electron chi connectivity index (χ2n) is 7.02. The summed E-state index contributed by atoms with van der Waals surface area (Å²) in [6, 6.07) is 9.14. The van der Waals surface area contributed by atoms with Gasteiger partial charge >= 0.3 is 6.09 Å². The minimum atomic E-state index is -0.545. The number of carbonyl (C=O) groups excluding carboxylic acids is 2. The number of benzene rings is 1. The van der Waals surface area contributed by atoms with Crippen molar-refractivity contribution >= 4 is 17.7 Å². The van der Waals surface area contributed by atoms with E-state index in [1.165, 1.54) is 0 Å². The SMILES string of the molecule is CC(C)(C)OC(=O)N[C@@H]1C[C@H](C(=O)Nc2ccccc2)[C@H]2O[C@H]21. The topological polar surface area (TPSA) is 80.0 Å². The zero-order valence-electron chi connectivity index (χ0n) is 13.5. The van der Waals surface area contributed by atoms with Crippen molar-refractivity contribution in [2.45, 2.75) is 51.0 Å². The maximum atomic E-state index is 12.4. The van der Waals surface area contributed by atoms with Gasteiger partial charge in [0, 0.05) is 5.69 Å². The number of rotatable bonds is 3. The molecule has 4 atom stereocenters. The molecule has 23 heavy (non-hydrogen) atoms. The Hall–Kier alpha value is -2.08. The van der Waals surface area contributed by atoms with Crippen LogP contribution in [-0.4, -0.2) is 35.9 Å². The standard InChI is InChI=1S/C17H22N2O4/c1-17(2,3)23-16(21)19-12-9-11(13-14(12)22-13)15(20)18-10-7-5-4-6-8-10/h4-8,11-14H,9H2,1-3H3,(H,18,20)(H,19,21)/t11-,12+,13+,14-/m0/s1. The highest BCUT2D eigenvalue weighted by Gasteiger charge is 2.59. The lowest BCUT2D eigenvalue weighted by atomic mass is 10.1. The Morgan fingerprint density at radius 3 is 2.52 bits per heavy atom.